The van der Waals surface area contributed by atoms with Gasteiger partial charge >= 0.3 is 0 Å². The van der Waals surface area contributed by atoms with E-state index < -0.39 is 0 Å². The number of fused-ring (bicyclic) bond motifs is 1. The summed E-state index contributed by atoms with van der Waals surface area (Å²) in [4.78, 5) is 17.5. The predicted octanol–water partition coefficient (Wildman–Crippen LogP) is 4.46. The third-order valence-corrected chi connectivity index (χ3v) is 5.48. The number of imidazole rings is 1. The molecule has 6 heteroatoms. The Morgan fingerprint density at radius 3 is 2.79 bits per heavy atom. The molecule has 1 fully saturated rings. The summed E-state index contributed by atoms with van der Waals surface area (Å²) in [5, 5.41) is 7.43. The highest BCUT2D eigenvalue weighted by Gasteiger charge is 2.21. The quantitative estimate of drug-likeness (QED) is 0.688. The van der Waals surface area contributed by atoms with Crippen LogP contribution in [-0.4, -0.2) is 25.2 Å². The zero-order valence-corrected chi connectivity index (χ0v) is 16.8. The third-order valence-electron chi connectivity index (χ3n) is 5.48. The molecule has 0 bridgehead atoms. The number of benzene rings is 1. The summed E-state index contributed by atoms with van der Waals surface area (Å²) < 4.78 is 4.16. The Morgan fingerprint density at radius 2 is 2.07 bits per heavy atom. The van der Waals surface area contributed by atoms with Gasteiger partial charge < -0.3 is 9.88 Å². The molecule has 0 spiro atoms. The predicted molar refractivity (Wildman–Crippen MR) is 111 cm³/mol. The van der Waals surface area contributed by atoms with Gasteiger partial charge in [-0.1, -0.05) is 33.1 Å². The van der Waals surface area contributed by atoms with Crippen LogP contribution in [0.3, 0.4) is 0 Å². The zero-order chi connectivity index (χ0) is 19.5. The summed E-state index contributed by atoms with van der Waals surface area (Å²) >= 11 is 0. The largest absolute Gasteiger partial charge is 0.326 e. The molecule has 28 heavy (non-hydrogen) atoms. The van der Waals surface area contributed by atoms with Crippen LogP contribution >= 0.6 is 0 Å². The summed E-state index contributed by atoms with van der Waals surface area (Å²) in [6.45, 7) is 5.96. The first kappa shape index (κ1) is 18.7. The van der Waals surface area contributed by atoms with Gasteiger partial charge in [-0.05, 0) is 43.0 Å². The highest BCUT2D eigenvalue weighted by molar-refractivity contribution is 5.94. The van der Waals surface area contributed by atoms with Crippen LogP contribution in [0.15, 0.2) is 36.7 Å². The van der Waals surface area contributed by atoms with E-state index in [1.165, 1.54) is 6.42 Å². The van der Waals surface area contributed by atoms with Gasteiger partial charge in [-0.2, -0.15) is 5.10 Å². The van der Waals surface area contributed by atoms with Crippen molar-refractivity contribution in [2.45, 2.75) is 59.0 Å². The van der Waals surface area contributed by atoms with Crippen molar-refractivity contribution < 1.29 is 4.79 Å². The number of hydrogen-bond acceptors (Lipinski definition) is 3. The summed E-state index contributed by atoms with van der Waals surface area (Å²) in [5.41, 5.74) is 2.86. The molecule has 0 atom stereocenters. The number of amides is 1. The molecule has 1 amide bonds. The zero-order valence-electron chi connectivity index (χ0n) is 16.8. The lowest BCUT2D eigenvalue weighted by Gasteiger charge is -2.20. The van der Waals surface area contributed by atoms with E-state index in [9.17, 15) is 4.79 Å². The Hall–Kier alpha value is -2.63. The topological polar surface area (TPSA) is 64.7 Å². The smallest absolute Gasteiger partial charge is 0.227 e. The Morgan fingerprint density at radius 1 is 1.25 bits per heavy atom. The lowest BCUT2D eigenvalue weighted by Crippen LogP contribution is -2.24. The standard InChI is InChI=1S/C22H29N5O/c1-16(2)14-27-20-10-9-18(24-22(28)17-7-4-3-5-8-17)13-19(20)25-21(27)15-26-12-6-11-23-26/h6,9-13,16-17H,3-5,7-8,14-15H2,1-2H3,(H,24,28). The lowest BCUT2D eigenvalue weighted by atomic mass is 9.88. The maximum Gasteiger partial charge on any atom is 0.227 e. The van der Waals surface area contributed by atoms with E-state index in [4.69, 9.17) is 4.98 Å². The summed E-state index contributed by atoms with van der Waals surface area (Å²) in [5.74, 6) is 1.80. The van der Waals surface area contributed by atoms with Crippen molar-refractivity contribution in [2.75, 3.05) is 5.32 Å². The van der Waals surface area contributed by atoms with Crippen molar-refractivity contribution in [1.29, 1.82) is 0 Å². The molecular weight excluding hydrogens is 350 g/mol. The number of hydrogen-bond donors (Lipinski definition) is 1. The van der Waals surface area contributed by atoms with Gasteiger partial charge in [0.05, 0.1) is 17.6 Å². The maximum atomic E-state index is 12.6. The molecule has 0 saturated heterocycles. The Kier molecular flexibility index (Phi) is 5.46. The van der Waals surface area contributed by atoms with E-state index in [1.54, 1.807) is 6.20 Å². The number of carbonyl (C=O) groups excluding carboxylic acids is 1. The van der Waals surface area contributed by atoms with Crippen LogP contribution in [0.4, 0.5) is 5.69 Å². The minimum atomic E-state index is 0.150. The van der Waals surface area contributed by atoms with Crippen LogP contribution in [0.1, 0.15) is 51.8 Å². The van der Waals surface area contributed by atoms with E-state index in [2.05, 4.69) is 34.9 Å². The van der Waals surface area contributed by atoms with E-state index in [1.807, 2.05) is 29.1 Å². The Balaban J connectivity index is 1.60. The normalized spacial score (nSPS) is 15.4. The first-order valence-corrected chi connectivity index (χ1v) is 10.4. The fourth-order valence-corrected chi connectivity index (χ4v) is 4.09. The van der Waals surface area contributed by atoms with Crippen LogP contribution < -0.4 is 5.32 Å². The molecule has 148 valence electrons. The fraction of sp³-hybridized carbons (Fsp3) is 0.500. The summed E-state index contributed by atoms with van der Waals surface area (Å²) in [7, 11) is 0. The molecule has 6 nitrogen and oxygen atoms in total. The van der Waals surface area contributed by atoms with Crippen LogP contribution in [0.2, 0.25) is 0 Å². The minimum absolute atomic E-state index is 0.150. The van der Waals surface area contributed by atoms with Gasteiger partial charge in [-0.25, -0.2) is 4.98 Å². The molecular formula is C22H29N5O. The van der Waals surface area contributed by atoms with Crippen LogP contribution in [0, 0.1) is 11.8 Å². The number of anilines is 1. The van der Waals surface area contributed by atoms with E-state index in [0.29, 0.717) is 12.5 Å². The van der Waals surface area contributed by atoms with Crippen LogP contribution in [0.5, 0.6) is 0 Å². The van der Waals surface area contributed by atoms with Crippen molar-refractivity contribution >= 4 is 22.6 Å². The molecule has 1 aliphatic rings. The molecule has 0 aliphatic heterocycles. The molecule has 2 aromatic heterocycles. The number of carbonyl (C=O) groups is 1. The molecule has 1 N–H and O–H groups in total. The fourth-order valence-electron chi connectivity index (χ4n) is 4.09. The molecule has 0 unspecified atom stereocenters. The Bertz CT molecular complexity index is 935. The van der Waals surface area contributed by atoms with Gasteiger partial charge in [0.1, 0.15) is 5.82 Å². The van der Waals surface area contributed by atoms with Gasteiger partial charge in [0.2, 0.25) is 5.91 Å². The van der Waals surface area contributed by atoms with E-state index >= 15 is 0 Å². The van der Waals surface area contributed by atoms with Crippen LogP contribution in [-0.2, 0) is 17.9 Å². The second kappa shape index (κ2) is 8.17. The minimum Gasteiger partial charge on any atom is -0.326 e. The number of aromatic nitrogens is 4. The maximum absolute atomic E-state index is 12.6. The molecule has 1 aromatic carbocycles. The van der Waals surface area contributed by atoms with Crippen molar-refractivity contribution in [3.63, 3.8) is 0 Å². The number of rotatable bonds is 6. The average molecular weight is 380 g/mol. The van der Waals surface area contributed by atoms with Gasteiger partial charge in [0, 0.05) is 30.5 Å². The monoisotopic (exact) mass is 379 g/mol. The van der Waals surface area contributed by atoms with Crippen molar-refractivity contribution in [3.8, 4) is 0 Å². The molecule has 1 aliphatic carbocycles. The van der Waals surface area contributed by atoms with Crippen LogP contribution in [0.25, 0.3) is 11.0 Å². The van der Waals surface area contributed by atoms with Crippen molar-refractivity contribution in [1.82, 2.24) is 19.3 Å². The first-order valence-electron chi connectivity index (χ1n) is 10.4. The molecule has 0 radical (unpaired) electrons. The average Bonchev–Trinajstić information content (AvgIpc) is 3.31. The molecule has 3 aromatic rings. The first-order chi connectivity index (χ1) is 13.6. The lowest BCUT2D eigenvalue weighted by molar-refractivity contribution is -0.120. The van der Waals surface area contributed by atoms with Gasteiger partial charge in [-0.15, -0.1) is 0 Å². The highest BCUT2D eigenvalue weighted by atomic mass is 16.1. The van der Waals surface area contributed by atoms with Crippen molar-refractivity contribution in [2.24, 2.45) is 11.8 Å². The second-order valence-electron chi connectivity index (χ2n) is 8.26. The number of nitrogens with zero attached hydrogens (tertiary/aromatic N) is 4. The summed E-state index contributed by atoms with van der Waals surface area (Å²) in [6, 6.07) is 8.00. The third kappa shape index (κ3) is 4.11. The SMILES string of the molecule is CC(C)Cn1c(Cn2cccn2)nc2cc(NC(=O)C3CCCCC3)ccc21. The number of nitrogens with one attached hydrogen (secondary N) is 1. The highest BCUT2D eigenvalue weighted by Crippen LogP contribution is 2.26. The van der Waals surface area contributed by atoms with Gasteiger partial charge in [-0.3, -0.25) is 9.48 Å². The van der Waals surface area contributed by atoms with Gasteiger partial charge in [0.25, 0.3) is 0 Å². The summed E-state index contributed by atoms with van der Waals surface area (Å²) in [6.07, 6.45) is 9.32. The molecule has 2 heterocycles. The van der Waals surface area contributed by atoms with Gasteiger partial charge in [0.15, 0.2) is 0 Å². The van der Waals surface area contributed by atoms with E-state index in [0.717, 1.165) is 54.8 Å². The second-order valence-corrected chi connectivity index (χ2v) is 8.26. The molecule has 4 rings (SSSR count). The Labute approximate surface area is 166 Å². The molecule has 1 saturated carbocycles. The van der Waals surface area contributed by atoms with E-state index in [-0.39, 0.29) is 11.8 Å². The van der Waals surface area contributed by atoms with Crippen molar-refractivity contribution in [3.05, 3.63) is 42.5 Å².